The molecule has 2 aromatic heterocycles. The zero-order chi connectivity index (χ0) is 18.3. The van der Waals surface area contributed by atoms with E-state index < -0.39 is 12.0 Å². The number of hydrogen-bond donors (Lipinski definition) is 1. The fourth-order valence-electron chi connectivity index (χ4n) is 2.89. The Morgan fingerprint density at radius 1 is 1.19 bits per heavy atom. The van der Waals surface area contributed by atoms with E-state index in [1.807, 2.05) is 31.2 Å². The van der Waals surface area contributed by atoms with E-state index in [1.165, 1.54) is 6.33 Å². The van der Waals surface area contributed by atoms with Crippen LogP contribution in [0.4, 0.5) is 19.0 Å². The smallest absolute Gasteiger partial charge is 0.365 e. The van der Waals surface area contributed by atoms with Crippen molar-refractivity contribution in [1.29, 1.82) is 0 Å². The highest BCUT2D eigenvalue weighted by atomic mass is 19.4. The van der Waals surface area contributed by atoms with Crippen molar-refractivity contribution in [2.75, 3.05) is 5.32 Å². The molecule has 2 heterocycles. The minimum atomic E-state index is -4.60. The molecule has 0 amide bonds. The minimum Gasteiger partial charge on any atom is -0.365 e. The molecule has 0 atom stereocenters. The fraction of sp³-hybridized carbons (Fsp3) is 0.389. The molecule has 1 saturated carbocycles. The lowest BCUT2D eigenvalue weighted by atomic mass is 10.1. The van der Waals surface area contributed by atoms with E-state index in [9.17, 15) is 13.2 Å². The number of hydrogen-bond acceptors (Lipinski definition) is 4. The predicted molar refractivity (Wildman–Crippen MR) is 91.9 cm³/mol. The van der Waals surface area contributed by atoms with Crippen molar-refractivity contribution in [3.63, 3.8) is 0 Å². The third kappa shape index (κ3) is 3.36. The molecule has 1 N–H and O–H groups in total. The van der Waals surface area contributed by atoms with Gasteiger partial charge < -0.3 is 9.88 Å². The molecule has 0 saturated heterocycles. The maximum absolute atomic E-state index is 13.2. The Balaban J connectivity index is 1.70. The number of nitrogens with zero attached hydrogens (tertiary/aromatic N) is 4. The molecule has 1 fully saturated rings. The molecule has 8 heteroatoms. The van der Waals surface area contributed by atoms with Crippen LogP contribution in [0.1, 0.15) is 29.8 Å². The summed E-state index contributed by atoms with van der Waals surface area (Å²) in [4.78, 5) is 11.7. The zero-order valence-corrected chi connectivity index (χ0v) is 14.2. The van der Waals surface area contributed by atoms with Crippen molar-refractivity contribution >= 4 is 17.0 Å². The Bertz CT molecular complexity index is 944. The van der Waals surface area contributed by atoms with Crippen LogP contribution in [-0.2, 0) is 19.1 Å². The van der Waals surface area contributed by atoms with Crippen molar-refractivity contribution in [2.45, 2.75) is 44.9 Å². The van der Waals surface area contributed by atoms with Crippen molar-refractivity contribution < 1.29 is 13.2 Å². The van der Waals surface area contributed by atoms with Gasteiger partial charge in [0.15, 0.2) is 11.5 Å². The van der Waals surface area contributed by atoms with Gasteiger partial charge in [-0.05, 0) is 37.3 Å². The maximum Gasteiger partial charge on any atom is 0.451 e. The number of aromatic nitrogens is 4. The summed E-state index contributed by atoms with van der Waals surface area (Å²) >= 11 is 0. The normalized spacial score (nSPS) is 14.8. The van der Waals surface area contributed by atoms with Gasteiger partial charge >= 0.3 is 6.18 Å². The first-order valence-corrected chi connectivity index (χ1v) is 8.53. The molecule has 3 aromatic rings. The van der Waals surface area contributed by atoms with Crippen LogP contribution in [-0.4, -0.2) is 25.6 Å². The minimum absolute atomic E-state index is 0.166. The Hall–Kier alpha value is -2.64. The van der Waals surface area contributed by atoms with Gasteiger partial charge in [-0.2, -0.15) is 13.2 Å². The van der Waals surface area contributed by atoms with E-state index in [0.717, 1.165) is 24.0 Å². The van der Waals surface area contributed by atoms with Crippen LogP contribution in [0.5, 0.6) is 0 Å². The zero-order valence-electron chi connectivity index (χ0n) is 14.2. The van der Waals surface area contributed by atoms with Crippen molar-refractivity contribution in [3.05, 3.63) is 47.5 Å². The monoisotopic (exact) mass is 361 g/mol. The number of halogens is 3. The largest absolute Gasteiger partial charge is 0.451 e. The summed E-state index contributed by atoms with van der Waals surface area (Å²) in [6.45, 7) is 2.52. The Labute approximate surface area is 148 Å². The fourth-order valence-corrected chi connectivity index (χ4v) is 2.89. The van der Waals surface area contributed by atoms with Crippen LogP contribution in [0.15, 0.2) is 30.6 Å². The lowest BCUT2D eigenvalue weighted by Crippen LogP contribution is -2.15. The number of alkyl halides is 3. The second-order valence-electron chi connectivity index (χ2n) is 6.60. The molecule has 1 aliphatic rings. The molecule has 0 spiro atoms. The van der Waals surface area contributed by atoms with Gasteiger partial charge in [0.2, 0.25) is 5.82 Å². The van der Waals surface area contributed by atoms with E-state index in [1.54, 1.807) is 4.57 Å². The Morgan fingerprint density at radius 3 is 2.65 bits per heavy atom. The average Bonchev–Trinajstić information content (AvgIpc) is 3.31. The van der Waals surface area contributed by atoms with Crippen LogP contribution in [0, 0.1) is 6.92 Å². The summed E-state index contributed by atoms with van der Waals surface area (Å²) in [5.74, 6) is -0.967. The molecular weight excluding hydrogens is 343 g/mol. The number of benzene rings is 1. The summed E-state index contributed by atoms with van der Waals surface area (Å²) in [6, 6.07) is 8.12. The number of nitrogens with one attached hydrogen (secondary N) is 1. The SMILES string of the molecule is Cc1ccccc1CCn1cnc2c(NC3CC3)nc(C(F)(F)F)nc21. The number of aryl methyl sites for hydroxylation is 3. The first-order chi connectivity index (χ1) is 12.4. The van der Waals surface area contributed by atoms with Gasteiger partial charge in [0.1, 0.15) is 5.52 Å². The van der Waals surface area contributed by atoms with E-state index >= 15 is 0 Å². The third-order valence-corrected chi connectivity index (χ3v) is 4.52. The molecule has 1 aromatic carbocycles. The topological polar surface area (TPSA) is 55.6 Å². The molecule has 0 unspecified atom stereocenters. The van der Waals surface area contributed by atoms with Crippen molar-refractivity contribution in [2.24, 2.45) is 0 Å². The summed E-state index contributed by atoms with van der Waals surface area (Å²) in [5.41, 5.74) is 2.90. The van der Waals surface area contributed by atoms with Gasteiger partial charge in [-0.3, -0.25) is 0 Å². The second-order valence-corrected chi connectivity index (χ2v) is 6.60. The van der Waals surface area contributed by atoms with Gasteiger partial charge in [0, 0.05) is 12.6 Å². The van der Waals surface area contributed by atoms with Gasteiger partial charge in [0.05, 0.1) is 6.33 Å². The number of anilines is 1. The molecule has 4 rings (SSSR count). The summed E-state index contributed by atoms with van der Waals surface area (Å²) in [5, 5.41) is 3.04. The van der Waals surface area contributed by atoms with Gasteiger partial charge in [0.25, 0.3) is 0 Å². The van der Waals surface area contributed by atoms with E-state index in [-0.39, 0.29) is 17.5 Å². The molecule has 26 heavy (non-hydrogen) atoms. The standard InChI is InChI=1S/C18H18F3N5/c1-11-4-2-3-5-12(11)8-9-26-10-22-14-15(23-13-6-7-13)24-17(18(19,20)21)25-16(14)26/h2-5,10,13H,6-9H2,1H3,(H,23,24,25). The summed E-state index contributed by atoms with van der Waals surface area (Å²) < 4.78 is 41.3. The highest BCUT2D eigenvalue weighted by Crippen LogP contribution is 2.32. The van der Waals surface area contributed by atoms with Crippen LogP contribution >= 0.6 is 0 Å². The lowest BCUT2D eigenvalue weighted by molar-refractivity contribution is -0.144. The first-order valence-electron chi connectivity index (χ1n) is 8.53. The molecule has 0 bridgehead atoms. The van der Waals surface area contributed by atoms with E-state index in [2.05, 4.69) is 20.3 Å². The first kappa shape index (κ1) is 16.8. The molecule has 0 aliphatic heterocycles. The van der Waals surface area contributed by atoms with Crippen molar-refractivity contribution in [1.82, 2.24) is 19.5 Å². The van der Waals surface area contributed by atoms with Crippen LogP contribution < -0.4 is 5.32 Å². The molecule has 136 valence electrons. The molecule has 0 radical (unpaired) electrons. The lowest BCUT2D eigenvalue weighted by Gasteiger charge is -2.11. The molecular formula is C18H18F3N5. The molecule has 5 nitrogen and oxygen atoms in total. The second kappa shape index (κ2) is 6.26. The van der Waals surface area contributed by atoms with Crippen LogP contribution in [0.25, 0.3) is 11.2 Å². The molecule has 1 aliphatic carbocycles. The van der Waals surface area contributed by atoms with E-state index in [4.69, 9.17) is 0 Å². The average molecular weight is 361 g/mol. The highest BCUT2D eigenvalue weighted by molar-refractivity contribution is 5.83. The van der Waals surface area contributed by atoms with Crippen LogP contribution in [0.2, 0.25) is 0 Å². The summed E-state index contributed by atoms with van der Waals surface area (Å²) in [7, 11) is 0. The quantitative estimate of drug-likeness (QED) is 0.747. The summed E-state index contributed by atoms with van der Waals surface area (Å²) in [6.07, 6.45) is -0.508. The third-order valence-electron chi connectivity index (χ3n) is 4.52. The highest BCUT2D eigenvalue weighted by Gasteiger charge is 2.37. The predicted octanol–water partition coefficient (Wildman–Crippen LogP) is 3.97. The number of imidazole rings is 1. The Morgan fingerprint density at radius 2 is 1.96 bits per heavy atom. The number of rotatable bonds is 5. The van der Waals surface area contributed by atoms with Gasteiger partial charge in [-0.15, -0.1) is 0 Å². The Kier molecular flexibility index (Phi) is 4.05. The van der Waals surface area contributed by atoms with Gasteiger partial charge in [-0.1, -0.05) is 24.3 Å². The van der Waals surface area contributed by atoms with Crippen LogP contribution in [0.3, 0.4) is 0 Å². The van der Waals surface area contributed by atoms with Gasteiger partial charge in [-0.25, -0.2) is 15.0 Å². The van der Waals surface area contributed by atoms with E-state index in [0.29, 0.717) is 18.5 Å². The maximum atomic E-state index is 13.2. The number of fused-ring (bicyclic) bond motifs is 1. The van der Waals surface area contributed by atoms with Crippen molar-refractivity contribution in [3.8, 4) is 0 Å².